The number of aryl methyl sites for hydroxylation is 2. The molecular weight excluding hydrogens is 238 g/mol. The lowest BCUT2D eigenvalue weighted by Gasteiger charge is -2.26. The Balaban J connectivity index is 2.13. The average Bonchev–Trinajstić information content (AvgIpc) is 2.59. The maximum absolute atomic E-state index is 11.4. The van der Waals surface area contributed by atoms with Gasteiger partial charge in [0.2, 0.25) is 0 Å². The monoisotopic (exact) mass is 261 g/mol. The van der Waals surface area contributed by atoms with E-state index in [4.69, 9.17) is 0 Å². The van der Waals surface area contributed by atoms with Crippen molar-refractivity contribution in [2.75, 3.05) is 6.54 Å². The summed E-state index contributed by atoms with van der Waals surface area (Å²) in [5.41, 5.74) is 3.78. The molecule has 1 atom stereocenters. The number of aliphatic carboxylic acids is 1. The van der Waals surface area contributed by atoms with Crippen LogP contribution in [0, 0.1) is 13.8 Å². The highest BCUT2D eigenvalue weighted by Gasteiger charge is 2.26. The number of likely N-dealkylation sites (tertiary alicyclic amines) is 1. The summed E-state index contributed by atoms with van der Waals surface area (Å²) >= 11 is 0. The van der Waals surface area contributed by atoms with E-state index in [1.165, 1.54) is 16.7 Å². The highest BCUT2D eigenvalue weighted by molar-refractivity contribution is 5.73. The van der Waals surface area contributed by atoms with Gasteiger partial charge in [-0.3, -0.25) is 9.69 Å². The van der Waals surface area contributed by atoms with Gasteiger partial charge in [-0.25, -0.2) is 0 Å². The van der Waals surface area contributed by atoms with Crippen LogP contribution in [0.1, 0.15) is 42.4 Å². The van der Waals surface area contributed by atoms with E-state index in [1.807, 2.05) is 0 Å². The van der Waals surface area contributed by atoms with Crippen LogP contribution >= 0.6 is 0 Å². The van der Waals surface area contributed by atoms with E-state index in [-0.39, 0.29) is 6.04 Å². The molecule has 104 valence electrons. The first-order chi connectivity index (χ1) is 9.08. The third kappa shape index (κ3) is 3.57. The molecule has 0 aliphatic carbocycles. The standard InChI is InChI=1S/C16H23NO2/c1-12-7-8-14(10-13(12)2)11-17-9-5-3-4-6-15(17)16(18)19/h7-8,10,15H,3-6,9,11H2,1-2H3,(H,18,19). The van der Waals surface area contributed by atoms with E-state index in [0.717, 1.165) is 38.8 Å². The van der Waals surface area contributed by atoms with Gasteiger partial charge in [0.15, 0.2) is 0 Å². The molecule has 3 heteroatoms. The topological polar surface area (TPSA) is 40.5 Å². The SMILES string of the molecule is Cc1ccc(CN2CCCCCC2C(=O)O)cc1C. The number of rotatable bonds is 3. The highest BCUT2D eigenvalue weighted by Crippen LogP contribution is 2.20. The van der Waals surface area contributed by atoms with E-state index in [2.05, 4.69) is 36.9 Å². The maximum Gasteiger partial charge on any atom is 0.320 e. The number of carboxylic acids is 1. The van der Waals surface area contributed by atoms with Crippen LogP contribution in [0.15, 0.2) is 18.2 Å². The van der Waals surface area contributed by atoms with Crippen LogP contribution < -0.4 is 0 Å². The van der Waals surface area contributed by atoms with Gasteiger partial charge in [-0.2, -0.15) is 0 Å². The fourth-order valence-corrected chi connectivity index (χ4v) is 2.77. The third-order valence-electron chi connectivity index (χ3n) is 4.11. The van der Waals surface area contributed by atoms with Gasteiger partial charge in [-0.05, 0) is 49.9 Å². The zero-order valence-electron chi connectivity index (χ0n) is 11.9. The summed E-state index contributed by atoms with van der Waals surface area (Å²) < 4.78 is 0. The minimum absolute atomic E-state index is 0.316. The summed E-state index contributed by atoms with van der Waals surface area (Å²) in [6.07, 6.45) is 4.06. The molecule has 1 N–H and O–H groups in total. The molecule has 0 radical (unpaired) electrons. The minimum Gasteiger partial charge on any atom is -0.480 e. The summed E-state index contributed by atoms with van der Waals surface area (Å²) in [4.78, 5) is 13.5. The molecule has 3 nitrogen and oxygen atoms in total. The van der Waals surface area contributed by atoms with Gasteiger partial charge in [-0.1, -0.05) is 31.0 Å². The molecule has 19 heavy (non-hydrogen) atoms. The molecule has 0 bridgehead atoms. The summed E-state index contributed by atoms with van der Waals surface area (Å²) in [5, 5.41) is 9.37. The smallest absolute Gasteiger partial charge is 0.320 e. The quantitative estimate of drug-likeness (QED) is 0.908. The van der Waals surface area contributed by atoms with E-state index >= 15 is 0 Å². The number of carboxylic acid groups (broad SMARTS) is 1. The molecule has 1 aliphatic heterocycles. The molecule has 0 aromatic heterocycles. The number of benzene rings is 1. The fourth-order valence-electron chi connectivity index (χ4n) is 2.77. The molecule has 1 aromatic carbocycles. The number of hydrogen-bond acceptors (Lipinski definition) is 2. The van der Waals surface area contributed by atoms with Crippen LogP contribution in [0.2, 0.25) is 0 Å². The Morgan fingerprint density at radius 3 is 2.74 bits per heavy atom. The summed E-state index contributed by atoms with van der Waals surface area (Å²) in [6.45, 7) is 5.85. The van der Waals surface area contributed by atoms with Crippen molar-refractivity contribution in [3.8, 4) is 0 Å². The van der Waals surface area contributed by atoms with Crippen LogP contribution in [0.4, 0.5) is 0 Å². The Labute approximate surface area is 115 Å². The zero-order valence-corrected chi connectivity index (χ0v) is 11.9. The van der Waals surface area contributed by atoms with Crippen LogP contribution in [0.5, 0.6) is 0 Å². The predicted molar refractivity (Wildman–Crippen MR) is 76.2 cm³/mol. The summed E-state index contributed by atoms with van der Waals surface area (Å²) in [5.74, 6) is -0.675. The van der Waals surface area contributed by atoms with E-state index in [0.29, 0.717) is 0 Å². The van der Waals surface area contributed by atoms with E-state index in [9.17, 15) is 9.90 Å². The average molecular weight is 261 g/mol. The summed E-state index contributed by atoms with van der Waals surface area (Å²) in [7, 11) is 0. The van der Waals surface area contributed by atoms with Crippen molar-refractivity contribution in [2.24, 2.45) is 0 Å². The number of carbonyl (C=O) groups is 1. The molecule has 1 saturated heterocycles. The fraction of sp³-hybridized carbons (Fsp3) is 0.562. The second kappa shape index (κ2) is 6.20. The Kier molecular flexibility index (Phi) is 4.59. The lowest BCUT2D eigenvalue weighted by Crippen LogP contribution is -2.40. The van der Waals surface area contributed by atoms with Crippen molar-refractivity contribution in [1.29, 1.82) is 0 Å². The first kappa shape index (κ1) is 14.1. The molecular formula is C16H23NO2. The van der Waals surface area contributed by atoms with Crippen molar-refractivity contribution in [3.05, 3.63) is 34.9 Å². The first-order valence-corrected chi connectivity index (χ1v) is 7.11. The van der Waals surface area contributed by atoms with Crippen LogP contribution in [0.3, 0.4) is 0 Å². The third-order valence-corrected chi connectivity index (χ3v) is 4.11. The Bertz CT molecular complexity index is 456. The second-order valence-corrected chi connectivity index (χ2v) is 5.59. The zero-order chi connectivity index (χ0) is 13.8. The molecule has 0 saturated carbocycles. The van der Waals surface area contributed by atoms with Gasteiger partial charge in [0, 0.05) is 6.54 Å². The lowest BCUT2D eigenvalue weighted by atomic mass is 10.0. The number of hydrogen-bond donors (Lipinski definition) is 1. The molecule has 1 aromatic rings. The highest BCUT2D eigenvalue weighted by atomic mass is 16.4. The molecule has 1 unspecified atom stereocenters. The van der Waals surface area contributed by atoms with E-state index in [1.54, 1.807) is 0 Å². The lowest BCUT2D eigenvalue weighted by molar-refractivity contribution is -0.143. The number of nitrogens with zero attached hydrogens (tertiary/aromatic N) is 1. The van der Waals surface area contributed by atoms with E-state index < -0.39 is 5.97 Å². The predicted octanol–water partition coefficient (Wildman–Crippen LogP) is 3.13. The molecule has 1 aliphatic rings. The molecule has 2 rings (SSSR count). The van der Waals surface area contributed by atoms with Crippen LogP contribution in [-0.4, -0.2) is 28.6 Å². The molecule has 0 amide bonds. The van der Waals surface area contributed by atoms with Crippen LogP contribution in [0.25, 0.3) is 0 Å². The Morgan fingerprint density at radius 1 is 1.26 bits per heavy atom. The van der Waals surface area contributed by atoms with Crippen molar-refractivity contribution >= 4 is 5.97 Å². The van der Waals surface area contributed by atoms with Crippen molar-refractivity contribution in [1.82, 2.24) is 4.90 Å². The van der Waals surface area contributed by atoms with Crippen molar-refractivity contribution in [2.45, 2.75) is 52.1 Å². The first-order valence-electron chi connectivity index (χ1n) is 7.11. The normalized spacial score (nSPS) is 21.1. The van der Waals surface area contributed by atoms with Crippen LogP contribution in [-0.2, 0) is 11.3 Å². The Hall–Kier alpha value is -1.35. The van der Waals surface area contributed by atoms with Crippen molar-refractivity contribution in [3.63, 3.8) is 0 Å². The minimum atomic E-state index is -0.675. The molecule has 1 heterocycles. The summed E-state index contributed by atoms with van der Waals surface area (Å²) in [6, 6.07) is 6.10. The maximum atomic E-state index is 11.4. The van der Waals surface area contributed by atoms with Gasteiger partial charge < -0.3 is 5.11 Å². The Morgan fingerprint density at radius 2 is 2.05 bits per heavy atom. The second-order valence-electron chi connectivity index (χ2n) is 5.59. The van der Waals surface area contributed by atoms with Gasteiger partial charge in [0.05, 0.1) is 0 Å². The van der Waals surface area contributed by atoms with Gasteiger partial charge in [0.1, 0.15) is 6.04 Å². The molecule has 1 fully saturated rings. The van der Waals surface area contributed by atoms with Gasteiger partial charge in [-0.15, -0.1) is 0 Å². The molecule has 0 spiro atoms. The van der Waals surface area contributed by atoms with Gasteiger partial charge >= 0.3 is 5.97 Å². The largest absolute Gasteiger partial charge is 0.480 e. The van der Waals surface area contributed by atoms with Gasteiger partial charge in [0.25, 0.3) is 0 Å². The van der Waals surface area contributed by atoms with Crippen molar-refractivity contribution < 1.29 is 9.90 Å².